The van der Waals surface area contributed by atoms with Crippen LogP contribution in [0.2, 0.25) is 0 Å². The minimum atomic E-state index is -0.572. The molecule has 120 valence electrons. The van der Waals surface area contributed by atoms with E-state index >= 15 is 0 Å². The smallest absolute Gasteiger partial charge is 0.414 e. The van der Waals surface area contributed by atoms with Crippen LogP contribution in [0.4, 0.5) is 4.79 Å². The van der Waals surface area contributed by atoms with Crippen molar-refractivity contribution in [3.63, 3.8) is 0 Å². The SMILES string of the molecule is CO/N=C(\Cc1cc(OC(=O)N(C)C)ccc1C)C(=O)OC. The zero-order chi connectivity index (χ0) is 16.7. The molecule has 7 nitrogen and oxygen atoms in total. The van der Waals surface area contributed by atoms with Crippen LogP contribution >= 0.6 is 0 Å². The molecule has 0 radical (unpaired) electrons. The van der Waals surface area contributed by atoms with Crippen molar-refractivity contribution in [1.29, 1.82) is 0 Å². The van der Waals surface area contributed by atoms with E-state index in [1.54, 1.807) is 32.3 Å². The van der Waals surface area contributed by atoms with Crippen LogP contribution < -0.4 is 4.74 Å². The molecule has 0 atom stereocenters. The Kier molecular flexibility index (Phi) is 6.37. The molecule has 0 heterocycles. The maximum atomic E-state index is 11.6. The van der Waals surface area contributed by atoms with Crippen LogP contribution in [-0.4, -0.2) is 51.0 Å². The van der Waals surface area contributed by atoms with Crippen molar-refractivity contribution < 1.29 is 23.9 Å². The summed E-state index contributed by atoms with van der Waals surface area (Å²) in [6.07, 6.45) is -0.270. The maximum absolute atomic E-state index is 11.6. The number of carbonyl (C=O) groups excluding carboxylic acids is 2. The number of esters is 1. The van der Waals surface area contributed by atoms with Gasteiger partial charge in [0.1, 0.15) is 12.9 Å². The van der Waals surface area contributed by atoms with Gasteiger partial charge in [0.15, 0.2) is 5.71 Å². The van der Waals surface area contributed by atoms with Gasteiger partial charge in [-0.2, -0.15) is 0 Å². The van der Waals surface area contributed by atoms with Gasteiger partial charge in [-0.1, -0.05) is 11.2 Å². The molecule has 22 heavy (non-hydrogen) atoms. The Labute approximate surface area is 129 Å². The predicted octanol–water partition coefficient (Wildman–Crippen LogP) is 1.77. The Balaban J connectivity index is 3.01. The van der Waals surface area contributed by atoms with Gasteiger partial charge < -0.3 is 19.2 Å². The maximum Gasteiger partial charge on any atom is 0.414 e. The lowest BCUT2D eigenvalue weighted by atomic mass is 10.0. The number of hydrogen-bond acceptors (Lipinski definition) is 6. The lowest BCUT2D eigenvalue weighted by Crippen LogP contribution is -2.25. The third-order valence-electron chi connectivity index (χ3n) is 2.87. The van der Waals surface area contributed by atoms with E-state index in [0.29, 0.717) is 5.75 Å². The fraction of sp³-hybridized carbons (Fsp3) is 0.400. The molecule has 1 aromatic rings. The summed E-state index contributed by atoms with van der Waals surface area (Å²) in [5.74, 6) is -0.183. The second-order valence-corrected chi connectivity index (χ2v) is 4.74. The van der Waals surface area contributed by atoms with Crippen molar-refractivity contribution in [3.8, 4) is 5.75 Å². The highest BCUT2D eigenvalue weighted by molar-refractivity contribution is 6.36. The van der Waals surface area contributed by atoms with Crippen LogP contribution in [0.25, 0.3) is 0 Å². The van der Waals surface area contributed by atoms with Crippen LogP contribution in [0.3, 0.4) is 0 Å². The molecule has 1 rings (SSSR count). The lowest BCUT2D eigenvalue weighted by Gasteiger charge is -2.13. The van der Waals surface area contributed by atoms with Gasteiger partial charge in [-0.25, -0.2) is 9.59 Å². The fourth-order valence-electron chi connectivity index (χ4n) is 1.64. The Morgan fingerprint density at radius 2 is 1.91 bits per heavy atom. The number of benzene rings is 1. The number of rotatable bonds is 5. The second-order valence-electron chi connectivity index (χ2n) is 4.74. The molecule has 0 aromatic heterocycles. The van der Waals surface area contributed by atoms with E-state index in [-0.39, 0.29) is 12.1 Å². The summed E-state index contributed by atoms with van der Waals surface area (Å²) in [5, 5.41) is 3.68. The van der Waals surface area contributed by atoms with Crippen LogP contribution in [0, 0.1) is 6.92 Å². The molecule has 0 unspecified atom stereocenters. The number of methoxy groups -OCH3 is 1. The highest BCUT2D eigenvalue weighted by Crippen LogP contribution is 2.19. The summed E-state index contributed by atoms with van der Waals surface area (Å²) >= 11 is 0. The van der Waals surface area contributed by atoms with Crippen molar-refractivity contribution in [2.45, 2.75) is 13.3 Å². The van der Waals surface area contributed by atoms with Gasteiger partial charge >= 0.3 is 12.1 Å². The number of amides is 1. The highest BCUT2D eigenvalue weighted by Gasteiger charge is 2.16. The van der Waals surface area contributed by atoms with E-state index in [1.807, 2.05) is 6.92 Å². The van der Waals surface area contributed by atoms with Crippen LogP contribution in [0.15, 0.2) is 23.4 Å². The predicted molar refractivity (Wildman–Crippen MR) is 81.1 cm³/mol. The Bertz CT molecular complexity index is 581. The molecule has 0 aliphatic heterocycles. The van der Waals surface area contributed by atoms with Gasteiger partial charge in [0.25, 0.3) is 0 Å². The number of ether oxygens (including phenoxy) is 2. The number of carbonyl (C=O) groups is 2. The van der Waals surface area contributed by atoms with Crippen molar-refractivity contribution in [1.82, 2.24) is 4.90 Å². The van der Waals surface area contributed by atoms with E-state index in [0.717, 1.165) is 11.1 Å². The summed E-state index contributed by atoms with van der Waals surface area (Å²) in [7, 11) is 5.82. The summed E-state index contributed by atoms with van der Waals surface area (Å²) in [6.45, 7) is 1.88. The topological polar surface area (TPSA) is 77.4 Å². The average molecular weight is 308 g/mol. The van der Waals surface area contributed by atoms with Crippen molar-refractivity contribution in [2.24, 2.45) is 5.16 Å². The van der Waals surface area contributed by atoms with Gasteiger partial charge in [0.05, 0.1) is 7.11 Å². The molecule has 0 aliphatic carbocycles. The Morgan fingerprint density at radius 3 is 2.45 bits per heavy atom. The summed E-state index contributed by atoms with van der Waals surface area (Å²) in [5.41, 5.74) is 1.84. The van der Waals surface area contributed by atoms with E-state index in [4.69, 9.17) is 4.74 Å². The summed E-state index contributed by atoms with van der Waals surface area (Å²) < 4.78 is 9.86. The van der Waals surface area contributed by atoms with E-state index in [1.165, 1.54) is 19.1 Å². The lowest BCUT2D eigenvalue weighted by molar-refractivity contribution is -0.133. The largest absolute Gasteiger partial charge is 0.464 e. The molecule has 7 heteroatoms. The molecule has 0 saturated carbocycles. The molecule has 0 spiro atoms. The Hall–Kier alpha value is -2.57. The second kappa shape index (κ2) is 8.02. The summed E-state index contributed by atoms with van der Waals surface area (Å²) in [6, 6.07) is 5.17. The zero-order valence-electron chi connectivity index (χ0n) is 13.4. The van der Waals surface area contributed by atoms with Crippen molar-refractivity contribution in [3.05, 3.63) is 29.3 Å². The van der Waals surface area contributed by atoms with Gasteiger partial charge in [0.2, 0.25) is 0 Å². The van der Waals surface area contributed by atoms with Crippen molar-refractivity contribution in [2.75, 3.05) is 28.3 Å². The highest BCUT2D eigenvalue weighted by atomic mass is 16.6. The number of nitrogens with zero attached hydrogens (tertiary/aromatic N) is 2. The van der Waals surface area contributed by atoms with Gasteiger partial charge in [-0.15, -0.1) is 0 Å². The van der Waals surface area contributed by atoms with Crippen LogP contribution in [-0.2, 0) is 20.8 Å². The third-order valence-corrected chi connectivity index (χ3v) is 2.87. The molecular weight excluding hydrogens is 288 g/mol. The van der Waals surface area contributed by atoms with E-state index in [2.05, 4.69) is 14.7 Å². The first-order valence-corrected chi connectivity index (χ1v) is 6.56. The zero-order valence-corrected chi connectivity index (χ0v) is 13.4. The molecular formula is C15H20N2O5. The molecule has 0 aliphatic rings. The number of hydrogen-bond donors (Lipinski definition) is 0. The van der Waals surface area contributed by atoms with E-state index in [9.17, 15) is 9.59 Å². The first kappa shape index (κ1) is 17.5. The first-order chi connectivity index (χ1) is 10.4. The normalized spacial score (nSPS) is 10.9. The van der Waals surface area contributed by atoms with Gasteiger partial charge in [-0.3, -0.25) is 0 Å². The number of aryl methyl sites for hydroxylation is 1. The quantitative estimate of drug-likeness (QED) is 0.471. The van der Waals surface area contributed by atoms with Crippen molar-refractivity contribution >= 4 is 17.8 Å². The van der Waals surface area contributed by atoms with Gasteiger partial charge in [-0.05, 0) is 30.2 Å². The summed E-state index contributed by atoms with van der Waals surface area (Å²) in [4.78, 5) is 29.2. The molecule has 0 saturated heterocycles. The molecule has 0 N–H and O–H groups in total. The number of oxime groups is 1. The van der Waals surface area contributed by atoms with Crippen LogP contribution in [0.5, 0.6) is 5.75 Å². The Morgan fingerprint density at radius 1 is 1.23 bits per heavy atom. The minimum Gasteiger partial charge on any atom is -0.464 e. The molecule has 0 bridgehead atoms. The van der Waals surface area contributed by atoms with Gasteiger partial charge in [0, 0.05) is 20.5 Å². The molecule has 1 amide bonds. The average Bonchev–Trinajstić information content (AvgIpc) is 2.49. The van der Waals surface area contributed by atoms with E-state index < -0.39 is 12.1 Å². The minimum absolute atomic E-state index is 0.129. The standard InChI is InChI=1S/C15H20N2O5/c1-10-6-7-12(22-15(19)17(2)3)8-11(10)9-13(16-21-5)14(18)20-4/h6-8H,9H2,1-5H3/b16-13+. The fourth-order valence-corrected chi connectivity index (χ4v) is 1.64. The molecule has 1 aromatic carbocycles. The monoisotopic (exact) mass is 308 g/mol. The first-order valence-electron chi connectivity index (χ1n) is 6.56. The third kappa shape index (κ3) is 4.76. The molecule has 0 fully saturated rings. The van der Waals surface area contributed by atoms with Crippen LogP contribution in [0.1, 0.15) is 11.1 Å².